The van der Waals surface area contributed by atoms with Gasteiger partial charge in [-0.05, 0) is 38.5 Å². The van der Waals surface area contributed by atoms with E-state index in [1.807, 2.05) is 39.0 Å². The first-order valence-electron chi connectivity index (χ1n) is 6.87. The molecule has 23 heavy (non-hydrogen) atoms. The van der Waals surface area contributed by atoms with Crippen molar-refractivity contribution in [3.8, 4) is 0 Å². The number of hydrogen-bond donors (Lipinski definition) is 1. The van der Waals surface area contributed by atoms with Crippen LogP contribution < -0.4 is 10.7 Å². The van der Waals surface area contributed by atoms with E-state index < -0.39 is 11.9 Å². The monoisotopic (exact) mass is 318 g/mol. The zero-order chi connectivity index (χ0) is 17.6. The fourth-order valence-corrected chi connectivity index (χ4v) is 2.03. The summed E-state index contributed by atoms with van der Waals surface area (Å²) in [6.07, 6.45) is 1.67. The molecule has 0 spiro atoms. The molecule has 0 unspecified atom stereocenters. The van der Waals surface area contributed by atoms with E-state index in [4.69, 9.17) is 5.11 Å². The Hall–Kier alpha value is -2.96. The van der Waals surface area contributed by atoms with E-state index in [0.29, 0.717) is 12.2 Å². The molecule has 2 rings (SSSR count). The van der Waals surface area contributed by atoms with Gasteiger partial charge in [-0.15, -0.1) is 0 Å². The molecule has 0 saturated carbocycles. The number of aliphatic carboxylic acids is 2. The predicted molar refractivity (Wildman–Crippen MR) is 83.2 cm³/mol. The highest BCUT2D eigenvalue weighted by atomic mass is 16.4. The summed E-state index contributed by atoms with van der Waals surface area (Å²) in [7, 11) is 0. The molecule has 1 N–H and O–H groups in total. The predicted octanol–water partition coefficient (Wildman–Crippen LogP) is 0.363. The molecule has 0 aliphatic carbocycles. The maximum Gasteiger partial charge on any atom is 1.00 e. The number of carbonyl (C=O) groups excluding carboxylic acids is 1. The molecule has 0 bridgehead atoms. The van der Waals surface area contributed by atoms with Gasteiger partial charge in [0.25, 0.3) is 5.56 Å². The van der Waals surface area contributed by atoms with Crippen molar-refractivity contribution in [2.75, 3.05) is 0 Å². The van der Waals surface area contributed by atoms with E-state index in [-0.39, 0.29) is 6.99 Å². The van der Waals surface area contributed by atoms with Crippen molar-refractivity contribution in [2.45, 2.75) is 27.2 Å². The Bertz CT molecular complexity index is 811. The zero-order valence-electron chi connectivity index (χ0n) is 14.1. The standard InChI is InChI=1S/C12H14N2O.C4H4O4/c1-4-10-9(3)13-11-7-5-6-8(2)14(11)12(10)15;5-3(6)1-2-4(7)8/h5-7H,4H2,1-3H3;1-2H,(H,5,6)(H,7,8)/b;2-1-. The van der Waals surface area contributed by atoms with Crippen LogP contribution >= 0.6 is 0 Å². The van der Waals surface area contributed by atoms with Crippen molar-refractivity contribution in [3.05, 3.63) is 57.7 Å². The summed E-state index contributed by atoms with van der Waals surface area (Å²) >= 11 is 0. The van der Waals surface area contributed by atoms with E-state index in [1.54, 1.807) is 4.40 Å². The first-order chi connectivity index (χ1) is 10.8. The maximum absolute atomic E-state index is 12.1. The number of carboxylic acid groups (broad SMARTS) is 2. The summed E-state index contributed by atoms with van der Waals surface area (Å²) in [4.78, 5) is 35.5. The number of aryl methyl sites for hydroxylation is 2. The zero-order valence-corrected chi connectivity index (χ0v) is 13.1. The van der Waals surface area contributed by atoms with E-state index in [1.165, 1.54) is 0 Å². The van der Waals surface area contributed by atoms with Gasteiger partial charge in [-0.1, -0.05) is 13.0 Å². The van der Waals surface area contributed by atoms with Crippen LogP contribution in [0.1, 0.15) is 25.3 Å². The molecule has 2 aromatic rings. The quantitative estimate of drug-likeness (QED) is 0.818. The molecular weight excluding hydrogens is 300 g/mol. The van der Waals surface area contributed by atoms with Crippen LogP contribution in [-0.4, -0.2) is 26.4 Å². The molecule has 0 radical (unpaired) electrons. The number of fused-ring (bicyclic) bond motifs is 1. The van der Waals surface area contributed by atoms with Crippen LogP contribution in [0.25, 0.3) is 5.65 Å². The fraction of sp³-hybridized carbons (Fsp3) is 0.250. The van der Waals surface area contributed by atoms with Crippen LogP contribution in [-0.2, 0) is 16.0 Å². The summed E-state index contributed by atoms with van der Waals surface area (Å²) in [5.41, 5.74) is 3.38. The second kappa shape index (κ2) is 7.88. The lowest BCUT2D eigenvalue weighted by molar-refractivity contribution is -0.297. The highest BCUT2D eigenvalue weighted by Gasteiger charge is 2.08. The van der Waals surface area contributed by atoms with Gasteiger partial charge in [0.2, 0.25) is 0 Å². The number of carbonyl (C=O) groups is 2. The van der Waals surface area contributed by atoms with Crippen molar-refractivity contribution in [3.63, 3.8) is 0 Å². The van der Waals surface area contributed by atoms with Crippen molar-refractivity contribution in [1.29, 1.82) is 0 Å². The SMILES string of the molecule is CCc1c(C)nc2cccc(C)n2c1=O.O=C([O-])/C=C\C(=O)O.[H+]. The van der Waals surface area contributed by atoms with Gasteiger partial charge < -0.3 is 15.0 Å². The van der Waals surface area contributed by atoms with Crippen LogP contribution in [0.5, 0.6) is 0 Å². The van der Waals surface area contributed by atoms with Gasteiger partial charge in [0.1, 0.15) is 5.65 Å². The molecule has 0 atom stereocenters. The van der Waals surface area contributed by atoms with Gasteiger partial charge in [-0.25, -0.2) is 9.78 Å². The Morgan fingerprint density at radius 1 is 1.35 bits per heavy atom. The number of hydrogen-bond acceptors (Lipinski definition) is 5. The number of carboxylic acids is 2. The molecule has 122 valence electrons. The second-order valence-electron chi connectivity index (χ2n) is 4.69. The minimum absolute atomic E-state index is 0. The molecule has 2 heterocycles. The smallest absolute Gasteiger partial charge is 0.545 e. The molecule has 0 amide bonds. The van der Waals surface area contributed by atoms with Gasteiger partial charge in [0.15, 0.2) is 0 Å². The molecule has 7 heteroatoms. The summed E-state index contributed by atoms with van der Waals surface area (Å²) in [5.74, 6) is -2.80. The third kappa shape index (κ3) is 4.77. The molecule has 0 saturated heterocycles. The lowest BCUT2D eigenvalue weighted by atomic mass is 10.2. The van der Waals surface area contributed by atoms with Crippen molar-refractivity contribution in [2.24, 2.45) is 0 Å². The van der Waals surface area contributed by atoms with Gasteiger partial charge in [0, 0.05) is 23.0 Å². The van der Waals surface area contributed by atoms with E-state index in [0.717, 1.165) is 29.0 Å². The largest absolute Gasteiger partial charge is 1.00 e. The molecule has 7 nitrogen and oxygen atoms in total. The third-order valence-corrected chi connectivity index (χ3v) is 3.06. The summed E-state index contributed by atoms with van der Waals surface area (Å²) < 4.78 is 1.67. The van der Waals surface area contributed by atoms with Crippen LogP contribution in [0, 0.1) is 13.8 Å². The Balaban J connectivity index is 0.000000510. The van der Waals surface area contributed by atoms with Gasteiger partial charge in [0.05, 0.1) is 5.97 Å². The highest BCUT2D eigenvalue weighted by molar-refractivity contribution is 5.88. The van der Waals surface area contributed by atoms with Gasteiger partial charge >= 0.3 is 7.40 Å². The maximum atomic E-state index is 12.1. The number of rotatable bonds is 3. The Kier molecular flexibility index (Phi) is 6.20. The number of pyridine rings is 1. The number of aromatic nitrogens is 2. The Morgan fingerprint density at radius 2 is 2.00 bits per heavy atom. The first kappa shape index (κ1) is 18.1. The van der Waals surface area contributed by atoms with Crippen LogP contribution in [0.3, 0.4) is 0 Å². The lowest BCUT2D eigenvalue weighted by Crippen LogP contribution is -2.22. The normalized spacial score (nSPS) is 10.4. The molecule has 0 fully saturated rings. The number of nitrogens with zero attached hydrogens (tertiary/aromatic N) is 2. The summed E-state index contributed by atoms with van der Waals surface area (Å²) in [5, 5.41) is 17.2. The minimum atomic E-state index is -1.51. The van der Waals surface area contributed by atoms with Gasteiger partial charge in [-0.2, -0.15) is 0 Å². The van der Waals surface area contributed by atoms with E-state index >= 15 is 0 Å². The Labute approximate surface area is 134 Å². The molecular formula is C16H18N2O5. The van der Waals surface area contributed by atoms with Crippen molar-refractivity contribution < 1.29 is 21.2 Å². The Morgan fingerprint density at radius 3 is 2.48 bits per heavy atom. The average molecular weight is 318 g/mol. The minimum Gasteiger partial charge on any atom is -0.545 e. The molecule has 0 aliphatic heterocycles. The third-order valence-electron chi connectivity index (χ3n) is 3.06. The first-order valence-corrected chi connectivity index (χ1v) is 6.87. The van der Waals surface area contributed by atoms with Crippen LogP contribution in [0.2, 0.25) is 0 Å². The molecule has 2 aromatic heterocycles. The molecule has 0 aliphatic rings. The van der Waals surface area contributed by atoms with Crippen molar-refractivity contribution in [1.82, 2.24) is 9.38 Å². The van der Waals surface area contributed by atoms with E-state index in [2.05, 4.69) is 4.98 Å². The van der Waals surface area contributed by atoms with E-state index in [9.17, 15) is 19.5 Å². The lowest BCUT2D eigenvalue weighted by Gasteiger charge is -2.08. The highest BCUT2D eigenvalue weighted by Crippen LogP contribution is 2.06. The second-order valence-corrected chi connectivity index (χ2v) is 4.69. The van der Waals surface area contributed by atoms with Gasteiger partial charge in [-0.3, -0.25) is 9.20 Å². The summed E-state index contributed by atoms with van der Waals surface area (Å²) in [6.45, 7) is 5.80. The van der Waals surface area contributed by atoms with Crippen molar-refractivity contribution >= 4 is 17.6 Å². The fourth-order valence-electron chi connectivity index (χ4n) is 2.03. The molecule has 0 aromatic carbocycles. The van der Waals surface area contributed by atoms with Crippen LogP contribution in [0.15, 0.2) is 35.1 Å². The topological polar surface area (TPSA) is 112 Å². The summed E-state index contributed by atoms with van der Waals surface area (Å²) in [6, 6.07) is 5.70. The average Bonchev–Trinajstić information content (AvgIpc) is 2.46. The van der Waals surface area contributed by atoms with Crippen LogP contribution in [0.4, 0.5) is 0 Å².